The van der Waals surface area contributed by atoms with Crippen molar-refractivity contribution in [3.05, 3.63) is 95.8 Å². The molecule has 0 saturated heterocycles. The van der Waals surface area contributed by atoms with Crippen LogP contribution in [0.25, 0.3) is 27.7 Å². The predicted molar refractivity (Wildman–Crippen MR) is 125 cm³/mol. The van der Waals surface area contributed by atoms with E-state index < -0.39 is 0 Å². The summed E-state index contributed by atoms with van der Waals surface area (Å²) in [6, 6.07) is 22.1. The maximum Gasteiger partial charge on any atom is 0.244 e. The number of amides is 1. The second kappa shape index (κ2) is 8.92. The van der Waals surface area contributed by atoms with Gasteiger partial charge in [0, 0.05) is 35.2 Å². The van der Waals surface area contributed by atoms with E-state index in [9.17, 15) is 4.79 Å². The molecule has 4 heteroatoms. The van der Waals surface area contributed by atoms with Crippen LogP contribution < -0.4 is 10.1 Å². The summed E-state index contributed by atoms with van der Waals surface area (Å²) in [6.07, 6.45) is 3.38. The molecule has 0 fully saturated rings. The molecule has 1 N–H and O–H groups in total. The van der Waals surface area contributed by atoms with Gasteiger partial charge in [-0.2, -0.15) is 0 Å². The van der Waals surface area contributed by atoms with Crippen LogP contribution in [0.15, 0.2) is 83.5 Å². The third-order valence-electron chi connectivity index (χ3n) is 5.34. The fourth-order valence-corrected chi connectivity index (χ4v) is 3.60. The van der Waals surface area contributed by atoms with Crippen LogP contribution in [0, 0.1) is 6.92 Å². The largest absolute Gasteiger partial charge is 0.496 e. The Morgan fingerprint density at radius 3 is 2.52 bits per heavy atom. The highest BCUT2D eigenvalue weighted by molar-refractivity contribution is 6.00. The summed E-state index contributed by atoms with van der Waals surface area (Å²) in [5.41, 5.74) is 6.79. The van der Waals surface area contributed by atoms with Crippen LogP contribution in [0.2, 0.25) is 0 Å². The minimum absolute atomic E-state index is 0.144. The highest BCUT2D eigenvalue weighted by Crippen LogP contribution is 2.37. The van der Waals surface area contributed by atoms with Crippen molar-refractivity contribution < 1.29 is 13.9 Å². The molecular formula is C27H25NO3. The maximum atomic E-state index is 12.5. The van der Waals surface area contributed by atoms with E-state index in [-0.39, 0.29) is 5.91 Å². The fourth-order valence-electron chi connectivity index (χ4n) is 3.60. The van der Waals surface area contributed by atoms with E-state index in [2.05, 4.69) is 36.5 Å². The Labute approximate surface area is 182 Å². The van der Waals surface area contributed by atoms with E-state index in [0.717, 1.165) is 38.8 Å². The van der Waals surface area contributed by atoms with Gasteiger partial charge in [0.05, 0.1) is 13.4 Å². The Hall–Kier alpha value is -3.79. The molecule has 3 aromatic carbocycles. The summed E-state index contributed by atoms with van der Waals surface area (Å²) in [5, 5.41) is 3.92. The van der Waals surface area contributed by atoms with Gasteiger partial charge in [-0.15, -0.1) is 0 Å². The van der Waals surface area contributed by atoms with Crippen molar-refractivity contribution in [3.8, 4) is 16.9 Å². The molecule has 1 aromatic heterocycles. The first-order valence-electron chi connectivity index (χ1n) is 10.2. The molecular weight excluding hydrogens is 386 g/mol. The number of benzene rings is 3. The van der Waals surface area contributed by atoms with Gasteiger partial charge >= 0.3 is 0 Å². The lowest BCUT2D eigenvalue weighted by Gasteiger charge is -2.10. The van der Waals surface area contributed by atoms with Crippen molar-refractivity contribution >= 4 is 22.4 Å². The molecule has 0 aliphatic carbocycles. The summed E-state index contributed by atoms with van der Waals surface area (Å²) in [6.45, 7) is 4.47. The number of rotatable bonds is 6. The Kier molecular flexibility index (Phi) is 5.89. The number of aryl methyl sites for hydroxylation is 1. The van der Waals surface area contributed by atoms with Gasteiger partial charge in [-0.1, -0.05) is 60.2 Å². The van der Waals surface area contributed by atoms with Crippen LogP contribution in [0.5, 0.6) is 5.75 Å². The fraction of sp³-hybridized carbons (Fsp3) is 0.148. The van der Waals surface area contributed by atoms with Crippen LogP contribution in [0.1, 0.15) is 23.6 Å². The van der Waals surface area contributed by atoms with Crippen molar-refractivity contribution in [1.29, 1.82) is 0 Å². The Bertz CT molecular complexity index is 1230. The Morgan fingerprint density at radius 2 is 1.81 bits per heavy atom. The monoisotopic (exact) mass is 411 g/mol. The summed E-state index contributed by atoms with van der Waals surface area (Å²) in [7, 11) is 1.62. The third-order valence-corrected chi connectivity index (χ3v) is 5.34. The molecule has 0 saturated carbocycles. The SMILES string of the molecule is COc1cc2occ(-c3ccc(C)cc3)c2cc1/C(C)=C/C(=O)NCc1ccccc1. The number of furan rings is 1. The zero-order valence-electron chi connectivity index (χ0n) is 17.9. The highest BCUT2D eigenvalue weighted by Gasteiger charge is 2.15. The first-order chi connectivity index (χ1) is 15.0. The number of ether oxygens (including phenoxy) is 1. The minimum atomic E-state index is -0.144. The molecule has 1 amide bonds. The number of allylic oxidation sites excluding steroid dienone is 1. The van der Waals surface area contributed by atoms with Crippen molar-refractivity contribution in [2.24, 2.45) is 0 Å². The average Bonchev–Trinajstić information content (AvgIpc) is 3.21. The van der Waals surface area contributed by atoms with E-state index in [0.29, 0.717) is 12.3 Å². The van der Waals surface area contributed by atoms with Crippen LogP contribution >= 0.6 is 0 Å². The smallest absolute Gasteiger partial charge is 0.244 e. The van der Waals surface area contributed by atoms with Gasteiger partial charge in [0.1, 0.15) is 11.3 Å². The van der Waals surface area contributed by atoms with Gasteiger partial charge in [0.15, 0.2) is 0 Å². The minimum Gasteiger partial charge on any atom is -0.496 e. The Morgan fingerprint density at radius 1 is 1.06 bits per heavy atom. The van der Waals surface area contributed by atoms with E-state index in [1.165, 1.54) is 5.56 Å². The second-order valence-electron chi connectivity index (χ2n) is 7.59. The van der Waals surface area contributed by atoms with Crippen molar-refractivity contribution in [3.63, 3.8) is 0 Å². The molecule has 0 spiro atoms. The van der Waals surface area contributed by atoms with Gasteiger partial charge < -0.3 is 14.5 Å². The number of methoxy groups -OCH3 is 1. The number of hydrogen-bond acceptors (Lipinski definition) is 3. The number of hydrogen-bond donors (Lipinski definition) is 1. The number of nitrogens with one attached hydrogen (secondary N) is 1. The van der Waals surface area contributed by atoms with Crippen molar-refractivity contribution in [2.75, 3.05) is 7.11 Å². The van der Waals surface area contributed by atoms with E-state index in [1.807, 2.05) is 49.4 Å². The molecule has 0 aliphatic heterocycles. The zero-order valence-corrected chi connectivity index (χ0v) is 17.9. The molecule has 0 aliphatic rings. The molecule has 4 rings (SSSR count). The molecule has 0 bridgehead atoms. The standard InChI is InChI=1S/C27H25NO3/c1-18-9-11-21(12-10-18)24-17-31-26-15-25(30-3)22(14-23(24)26)19(2)13-27(29)28-16-20-7-5-4-6-8-20/h4-15,17H,16H2,1-3H3,(H,28,29)/b19-13+. The van der Waals surface area contributed by atoms with Gasteiger partial charge in [-0.05, 0) is 36.6 Å². The zero-order chi connectivity index (χ0) is 21.8. The third kappa shape index (κ3) is 4.53. The summed E-state index contributed by atoms with van der Waals surface area (Å²) >= 11 is 0. The lowest BCUT2D eigenvalue weighted by atomic mass is 9.99. The molecule has 4 aromatic rings. The normalized spacial score (nSPS) is 11.5. The molecule has 0 atom stereocenters. The topological polar surface area (TPSA) is 51.5 Å². The van der Waals surface area contributed by atoms with Gasteiger partial charge in [0.25, 0.3) is 0 Å². The lowest BCUT2D eigenvalue weighted by molar-refractivity contribution is -0.116. The predicted octanol–water partition coefficient (Wildman–Crippen LogP) is 6.14. The van der Waals surface area contributed by atoms with Crippen LogP contribution in [0.3, 0.4) is 0 Å². The molecule has 4 nitrogen and oxygen atoms in total. The first-order valence-corrected chi connectivity index (χ1v) is 10.2. The lowest BCUT2D eigenvalue weighted by Crippen LogP contribution is -2.20. The number of carbonyl (C=O) groups is 1. The quantitative estimate of drug-likeness (QED) is 0.388. The van der Waals surface area contributed by atoms with Gasteiger partial charge in [-0.3, -0.25) is 4.79 Å². The van der Waals surface area contributed by atoms with Crippen molar-refractivity contribution in [2.45, 2.75) is 20.4 Å². The second-order valence-corrected chi connectivity index (χ2v) is 7.59. The Balaban J connectivity index is 1.65. The van der Waals surface area contributed by atoms with Crippen LogP contribution in [0.4, 0.5) is 0 Å². The summed E-state index contributed by atoms with van der Waals surface area (Å²) in [5.74, 6) is 0.524. The van der Waals surface area contributed by atoms with Crippen molar-refractivity contribution in [1.82, 2.24) is 5.32 Å². The molecule has 1 heterocycles. The van der Waals surface area contributed by atoms with Gasteiger partial charge in [0.2, 0.25) is 5.91 Å². The maximum absolute atomic E-state index is 12.5. The molecule has 0 unspecified atom stereocenters. The number of fused-ring (bicyclic) bond motifs is 1. The van der Waals surface area contributed by atoms with E-state index in [1.54, 1.807) is 19.4 Å². The molecule has 156 valence electrons. The summed E-state index contributed by atoms with van der Waals surface area (Å²) in [4.78, 5) is 12.5. The average molecular weight is 412 g/mol. The van der Waals surface area contributed by atoms with Crippen LogP contribution in [-0.2, 0) is 11.3 Å². The molecule has 0 radical (unpaired) electrons. The van der Waals surface area contributed by atoms with Crippen LogP contribution in [-0.4, -0.2) is 13.0 Å². The first kappa shape index (κ1) is 20.5. The van der Waals surface area contributed by atoms with E-state index in [4.69, 9.17) is 9.15 Å². The highest BCUT2D eigenvalue weighted by atomic mass is 16.5. The molecule has 31 heavy (non-hydrogen) atoms. The van der Waals surface area contributed by atoms with E-state index >= 15 is 0 Å². The summed E-state index contributed by atoms with van der Waals surface area (Å²) < 4.78 is 11.4. The van der Waals surface area contributed by atoms with Gasteiger partial charge in [-0.25, -0.2) is 0 Å². The number of carbonyl (C=O) groups excluding carboxylic acids is 1.